The van der Waals surface area contributed by atoms with Crippen molar-refractivity contribution >= 4 is 27.5 Å². The molecule has 1 aliphatic heterocycles. The molecule has 32 heavy (non-hydrogen) atoms. The van der Waals surface area contributed by atoms with E-state index in [1.54, 1.807) is 17.6 Å². The van der Waals surface area contributed by atoms with Crippen molar-refractivity contribution < 1.29 is 9.21 Å². The van der Waals surface area contributed by atoms with Gasteiger partial charge in [0.05, 0.1) is 29.9 Å². The van der Waals surface area contributed by atoms with Gasteiger partial charge in [-0.25, -0.2) is 0 Å². The van der Waals surface area contributed by atoms with Crippen LogP contribution in [0, 0.1) is 6.92 Å². The zero-order chi connectivity index (χ0) is 22.1. The van der Waals surface area contributed by atoms with Gasteiger partial charge in [-0.05, 0) is 63.7 Å². The summed E-state index contributed by atoms with van der Waals surface area (Å²) in [4.78, 5) is 19.9. The number of fused-ring (bicyclic) bond motifs is 1. The number of thiophene rings is 1. The van der Waals surface area contributed by atoms with Crippen LogP contribution >= 0.6 is 11.3 Å². The van der Waals surface area contributed by atoms with Gasteiger partial charge in [0.1, 0.15) is 10.6 Å². The van der Waals surface area contributed by atoms with E-state index in [0.29, 0.717) is 13.1 Å². The highest BCUT2D eigenvalue weighted by atomic mass is 32.1. The molecule has 1 aliphatic rings. The number of furan rings is 1. The summed E-state index contributed by atoms with van der Waals surface area (Å²) in [6.45, 7) is 5.23. The second-order valence-electron chi connectivity index (χ2n) is 8.61. The molecule has 1 saturated heterocycles. The maximum Gasteiger partial charge on any atom is 0.264 e. The highest BCUT2D eigenvalue weighted by Crippen LogP contribution is 2.31. The van der Waals surface area contributed by atoms with Crippen LogP contribution in [-0.2, 0) is 13.1 Å². The van der Waals surface area contributed by atoms with Crippen LogP contribution in [0.4, 0.5) is 0 Å². The normalized spacial score (nSPS) is 15.4. The molecule has 0 N–H and O–H groups in total. The molecule has 0 saturated carbocycles. The molecule has 1 aromatic carbocycles. The maximum atomic E-state index is 13.8. The van der Waals surface area contributed by atoms with Gasteiger partial charge in [0, 0.05) is 11.4 Å². The molecule has 4 aromatic rings. The fourth-order valence-corrected chi connectivity index (χ4v) is 5.58. The number of amides is 1. The van der Waals surface area contributed by atoms with Gasteiger partial charge in [0.15, 0.2) is 0 Å². The van der Waals surface area contributed by atoms with Gasteiger partial charge in [-0.1, -0.05) is 30.3 Å². The van der Waals surface area contributed by atoms with E-state index >= 15 is 0 Å². The van der Waals surface area contributed by atoms with Crippen LogP contribution in [0.2, 0.25) is 0 Å². The molecular weight excluding hydrogens is 420 g/mol. The Morgan fingerprint density at radius 1 is 1.19 bits per heavy atom. The van der Waals surface area contributed by atoms with E-state index in [1.807, 2.05) is 52.9 Å². The Morgan fingerprint density at radius 3 is 2.69 bits per heavy atom. The highest BCUT2D eigenvalue weighted by Gasteiger charge is 2.30. The number of rotatable bonds is 6. The lowest BCUT2D eigenvalue weighted by Gasteiger charge is -2.36. The van der Waals surface area contributed by atoms with Crippen molar-refractivity contribution in [2.75, 3.05) is 20.1 Å². The van der Waals surface area contributed by atoms with Crippen molar-refractivity contribution in [2.45, 2.75) is 38.9 Å². The number of hydrogen-bond acceptors (Lipinski definition) is 5. The van der Waals surface area contributed by atoms with E-state index in [1.165, 1.54) is 5.56 Å². The number of benzene rings is 1. The lowest BCUT2D eigenvalue weighted by atomic mass is 10.0. The van der Waals surface area contributed by atoms with Crippen LogP contribution in [0.25, 0.3) is 10.2 Å². The highest BCUT2D eigenvalue weighted by molar-refractivity contribution is 7.20. The number of likely N-dealkylation sites (tertiary alicyclic amines) is 1. The minimum Gasteiger partial charge on any atom is -0.467 e. The Labute approximate surface area is 192 Å². The van der Waals surface area contributed by atoms with Crippen LogP contribution in [0.1, 0.15) is 39.5 Å². The Bertz CT molecular complexity index is 1190. The Balaban J connectivity index is 1.45. The van der Waals surface area contributed by atoms with E-state index in [2.05, 4.69) is 24.1 Å². The lowest BCUT2D eigenvalue weighted by molar-refractivity contribution is 0.0555. The third kappa shape index (κ3) is 4.23. The second kappa shape index (κ2) is 8.92. The standard InChI is InChI=1S/C25H28N4O2S/c1-18-22-15-23(32-25(22)29(26-18)16-19-7-4-3-5-8-19)24(30)28(17-21-9-6-14-31-21)20-10-12-27(2)13-11-20/h3-9,14-15,20H,10-13,16-17H2,1-2H3. The van der Waals surface area contributed by atoms with Crippen LogP contribution in [0.3, 0.4) is 0 Å². The van der Waals surface area contributed by atoms with Gasteiger partial charge in [-0.2, -0.15) is 5.10 Å². The van der Waals surface area contributed by atoms with E-state index in [9.17, 15) is 4.79 Å². The van der Waals surface area contributed by atoms with Gasteiger partial charge in [0.2, 0.25) is 0 Å². The fourth-order valence-electron chi connectivity index (χ4n) is 4.47. The summed E-state index contributed by atoms with van der Waals surface area (Å²) >= 11 is 1.55. The van der Waals surface area contributed by atoms with Crippen LogP contribution in [0.5, 0.6) is 0 Å². The summed E-state index contributed by atoms with van der Waals surface area (Å²) in [6.07, 6.45) is 3.64. The Kier molecular flexibility index (Phi) is 5.85. The van der Waals surface area contributed by atoms with Crippen molar-refractivity contribution in [3.8, 4) is 0 Å². The maximum absolute atomic E-state index is 13.8. The molecule has 3 aromatic heterocycles. The van der Waals surface area contributed by atoms with Crippen LogP contribution in [-0.4, -0.2) is 51.7 Å². The Morgan fingerprint density at radius 2 is 1.97 bits per heavy atom. The van der Waals surface area contributed by atoms with Crippen molar-refractivity contribution in [2.24, 2.45) is 0 Å². The van der Waals surface area contributed by atoms with Crippen molar-refractivity contribution in [3.05, 3.63) is 76.7 Å². The minimum absolute atomic E-state index is 0.0859. The molecule has 4 heterocycles. The zero-order valence-electron chi connectivity index (χ0n) is 18.5. The number of hydrogen-bond donors (Lipinski definition) is 0. The molecule has 7 heteroatoms. The number of carbonyl (C=O) groups excluding carboxylic acids is 1. The summed E-state index contributed by atoms with van der Waals surface area (Å²) in [5.74, 6) is 0.910. The van der Waals surface area contributed by atoms with Gasteiger partial charge < -0.3 is 14.2 Å². The molecule has 6 nitrogen and oxygen atoms in total. The molecular formula is C25H28N4O2S. The average Bonchev–Trinajstić information content (AvgIpc) is 3.53. The first kappa shape index (κ1) is 21.0. The summed E-state index contributed by atoms with van der Waals surface area (Å²) in [5, 5.41) is 5.80. The van der Waals surface area contributed by atoms with Gasteiger partial charge in [-0.15, -0.1) is 11.3 Å². The molecule has 0 spiro atoms. The smallest absolute Gasteiger partial charge is 0.264 e. The topological polar surface area (TPSA) is 54.5 Å². The summed E-state index contributed by atoms with van der Waals surface area (Å²) in [6, 6.07) is 16.4. The zero-order valence-corrected chi connectivity index (χ0v) is 19.3. The lowest BCUT2D eigenvalue weighted by Crippen LogP contribution is -2.46. The summed E-state index contributed by atoms with van der Waals surface area (Å²) in [7, 11) is 2.14. The molecule has 1 fully saturated rings. The van der Waals surface area contributed by atoms with Gasteiger partial charge >= 0.3 is 0 Å². The van der Waals surface area contributed by atoms with Gasteiger partial charge in [-0.3, -0.25) is 9.48 Å². The molecule has 0 radical (unpaired) electrons. The quantitative estimate of drug-likeness (QED) is 0.426. The van der Waals surface area contributed by atoms with Crippen LogP contribution < -0.4 is 0 Å². The molecule has 0 atom stereocenters. The second-order valence-corrected chi connectivity index (χ2v) is 9.64. The molecule has 0 bridgehead atoms. The predicted octanol–water partition coefficient (Wildman–Crippen LogP) is 4.78. The number of piperidine rings is 1. The van der Waals surface area contributed by atoms with Crippen molar-refractivity contribution in [3.63, 3.8) is 0 Å². The largest absolute Gasteiger partial charge is 0.467 e. The molecule has 166 valence electrons. The first-order chi connectivity index (χ1) is 15.6. The third-order valence-corrected chi connectivity index (χ3v) is 7.43. The Hall–Kier alpha value is -2.90. The molecule has 0 unspecified atom stereocenters. The first-order valence-corrected chi connectivity index (χ1v) is 11.9. The average molecular weight is 449 g/mol. The summed E-state index contributed by atoms with van der Waals surface area (Å²) in [5.41, 5.74) is 2.16. The first-order valence-electron chi connectivity index (χ1n) is 11.1. The van der Waals surface area contributed by atoms with E-state index < -0.39 is 0 Å². The predicted molar refractivity (Wildman–Crippen MR) is 127 cm³/mol. The van der Waals surface area contributed by atoms with E-state index in [0.717, 1.165) is 52.5 Å². The molecule has 0 aliphatic carbocycles. The molecule has 1 amide bonds. The molecule has 5 rings (SSSR count). The van der Waals surface area contributed by atoms with Crippen molar-refractivity contribution in [1.29, 1.82) is 0 Å². The minimum atomic E-state index is 0.0859. The summed E-state index contributed by atoms with van der Waals surface area (Å²) < 4.78 is 7.62. The van der Waals surface area contributed by atoms with E-state index in [-0.39, 0.29) is 11.9 Å². The SMILES string of the molecule is Cc1nn(Cc2ccccc2)c2sc(C(=O)N(Cc3ccco3)C3CCN(C)CC3)cc12. The van der Waals surface area contributed by atoms with Crippen molar-refractivity contribution in [1.82, 2.24) is 19.6 Å². The van der Waals surface area contributed by atoms with Gasteiger partial charge in [0.25, 0.3) is 5.91 Å². The number of nitrogens with zero attached hydrogens (tertiary/aromatic N) is 4. The number of carbonyl (C=O) groups is 1. The third-order valence-electron chi connectivity index (χ3n) is 6.29. The number of aryl methyl sites for hydroxylation is 1. The van der Waals surface area contributed by atoms with E-state index in [4.69, 9.17) is 9.52 Å². The monoisotopic (exact) mass is 448 g/mol. The van der Waals surface area contributed by atoms with Crippen LogP contribution in [0.15, 0.2) is 59.2 Å². The fraction of sp³-hybridized carbons (Fsp3) is 0.360. The number of aromatic nitrogens is 2.